The van der Waals surface area contributed by atoms with Gasteiger partial charge in [0.25, 0.3) is 0 Å². The van der Waals surface area contributed by atoms with Crippen molar-refractivity contribution in [3.63, 3.8) is 0 Å². The number of carbonyl (C=O) groups excluding carboxylic acids is 1. The standard InChI is InChI=1S/C14H12O3S/c1-18(16)12-8-17-14-10-5-3-2-4-9(10)6-7-11(14)13(12)15/h2-7,12H,8H2,1H3/t12-,18+/m0/s1. The molecule has 4 heteroatoms. The van der Waals surface area contributed by atoms with E-state index < -0.39 is 16.0 Å². The van der Waals surface area contributed by atoms with Crippen molar-refractivity contribution in [3.8, 4) is 5.75 Å². The maximum Gasteiger partial charge on any atom is 0.185 e. The summed E-state index contributed by atoms with van der Waals surface area (Å²) in [5.41, 5.74) is 0.542. The summed E-state index contributed by atoms with van der Waals surface area (Å²) in [5.74, 6) is 0.544. The maximum atomic E-state index is 12.2. The van der Waals surface area contributed by atoms with E-state index >= 15 is 0 Å². The molecule has 2 aromatic carbocycles. The number of ether oxygens (including phenoxy) is 1. The van der Waals surface area contributed by atoms with Gasteiger partial charge in [0.2, 0.25) is 0 Å². The molecule has 1 aliphatic rings. The zero-order valence-electron chi connectivity index (χ0n) is 9.88. The Morgan fingerprint density at radius 3 is 2.78 bits per heavy atom. The highest BCUT2D eigenvalue weighted by atomic mass is 32.2. The van der Waals surface area contributed by atoms with Crippen molar-refractivity contribution >= 4 is 27.4 Å². The summed E-state index contributed by atoms with van der Waals surface area (Å²) in [7, 11) is -1.20. The predicted molar refractivity (Wildman–Crippen MR) is 71.6 cm³/mol. The minimum Gasteiger partial charge on any atom is -0.490 e. The summed E-state index contributed by atoms with van der Waals surface area (Å²) >= 11 is 0. The molecule has 1 aliphatic heterocycles. The van der Waals surface area contributed by atoms with Crippen LogP contribution < -0.4 is 4.74 Å². The molecule has 0 N–H and O–H groups in total. The van der Waals surface area contributed by atoms with Crippen LogP contribution in [0.1, 0.15) is 10.4 Å². The van der Waals surface area contributed by atoms with Gasteiger partial charge in [-0.15, -0.1) is 0 Å². The van der Waals surface area contributed by atoms with Gasteiger partial charge in [0.15, 0.2) is 5.78 Å². The Balaban J connectivity index is 2.21. The third-order valence-corrected chi connectivity index (χ3v) is 4.37. The molecule has 0 unspecified atom stereocenters. The second kappa shape index (κ2) is 4.21. The lowest BCUT2D eigenvalue weighted by Crippen LogP contribution is -2.36. The third kappa shape index (κ3) is 1.64. The fourth-order valence-electron chi connectivity index (χ4n) is 2.25. The van der Waals surface area contributed by atoms with Crippen LogP contribution in [-0.2, 0) is 10.8 Å². The number of hydrogen-bond acceptors (Lipinski definition) is 3. The average molecular weight is 260 g/mol. The highest BCUT2D eigenvalue weighted by Gasteiger charge is 2.32. The van der Waals surface area contributed by atoms with Gasteiger partial charge in [0, 0.05) is 22.4 Å². The highest BCUT2D eigenvalue weighted by Crippen LogP contribution is 2.34. The van der Waals surface area contributed by atoms with Crippen LogP contribution in [0.4, 0.5) is 0 Å². The third-order valence-electron chi connectivity index (χ3n) is 3.22. The minimum absolute atomic E-state index is 0.0807. The lowest BCUT2D eigenvalue weighted by molar-refractivity contribution is 0.0942. The molecule has 18 heavy (non-hydrogen) atoms. The number of hydrogen-bond donors (Lipinski definition) is 0. The van der Waals surface area contributed by atoms with Crippen LogP contribution in [-0.4, -0.2) is 28.1 Å². The first-order valence-corrected chi connectivity index (χ1v) is 7.31. The minimum atomic E-state index is -1.20. The molecule has 0 aromatic heterocycles. The van der Waals surface area contributed by atoms with Crippen molar-refractivity contribution in [2.24, 2.45) is 0 Å². The van der Waals surface area contributed by atoms with Gasteiger partial charge in [0.05, 0.1) is 5.56 Å². The van der Waals surface area contributed by atoms with Crippen molar-refractivity contribution < 1.29 is 13.7 Å². The van der Waals surface area contributed by atoms with Gasteiger partial charge in [-0.3, -0.25) is 9.00 Å². The first kappa shape index (κ1) is 11.4. The van der Waals surface area contributed by atoms with Crippen molar-refractivity contribution in [1.82, 2.24) is 0 Å². The zero-order chi connectivity index (χ0) is 12.7. The molecule has 0 aliphatic carbocycles. The number of rotatable bonds is 1. The molecule has 0 bridgehead atoms. The van der Waals surface area contributed by atoms with Crippen molar-refractivity contribution in [2.75, 3.05) is 12.9 Å². The van der Waals surface area contributed by atoms with E-state index in [1.54, 1.807) is 6.07 Å². The number of benzene rings is 2. The predicted octanol–water partition coefficient (Wildman–Crippen LogP) is 2.16. The van der Waals surface area contributed by atoms with E-state index in [1.807, 2.05) is 30.3 Å². The van der Waals surface area contributed by atoms with E-state index in [1.165, 1.54) is 6.26 Å². The average Bonchev–Trinajstić information content (AvgIpc) is 2.38. The van der Waals surface area contributed by atoms with E-state index in [9.17, 15) is 9.00 Å². The molecule has 0 fully saturated rings. The topological polar surface area (TPSA) is 43.4 Å². The number of ketones is 1. The Kier molecular flexibility index (Phi) is 2.67. The molecule has 3 nitrogen and oxygen atoms in total. The Morgan fingerprint density at radius 1 is 1.22 bits per heavy atom. The summed E-state index contributed by atoms with van der Waals surface area (Å²) in [4.78, 5) is 12.2. The molecule has 1 heterocycles. The van der Waals surface area contributed by atoms with Gasteiger partial charge in [-0.2, -0.15) is 0 Å². The van der Waals surface area contributed by atoms with E-state index in [0.29, 0.717) is 11.3 Å². The van der Waals surface area contributed by atoms with E-state index in [2.05, 4.69) is 0 Å². The lowest BCUT2D eigenvalue weighted by atomic mass is 9.99. The first-order chi connectivity index (χ1) is 8.68. The van der Waals surface area contributed by atoms with Crippen molar-refractivity contribution in [3.05, 3.63) is 42.0 Å². The molecular formula is C14H12O3S. The zero-order valence-corrected chi connectivity index (χ0v) is 10.7. The molecule has 0 spiro atoms. The normalized spacial score (nSPS) is 20.3. The number of fused-ring (bicyclic) bond motifs is 3. The Hall–Kier alpha value is -1.68. The SMILES string of the molecule is C[S@@](=O)[C@H]1COc2c(ccc3ccccc23)C1=O. The van der Waals surface area contributed by atoms with Crippen LogP contribution in [0.5, 0.6) is 5.75 Å². The molecule has 0 amide bonds. The van der Waals surface area contributed by atoms with Crippen LogP contribution in [0.3, 0.4) is 0 Å². The smallest absolute Gasteiger partial charge is 0.185 e. The van der Waals surface area contributed by atoms with Gasteiger partial charge < -0.3 is 4.74 Å². The maximum absolute atomic E-state index is 12.2. The molecule has 2 aromatic rings. The Morgan fingerprint density at radius 2 is 2.00 bits per heavy atom. The van der Waals surface area contributed by atoms with Crippen LogP contribution in [0.25, 0.3) is 10.8 Å². The summed E-state index contributed by atoms with van der Waals surface area (Å²) in [6.07, 6.45) is 1.54. The van der Waals surface area contributed by atoms with Gasteiger partial charge in [-0.25, -0.2) is 0 Å². The van der Waals surface area contributed by atoms with Crippen LogP contribution >= 0.6 is 0 Å². The van der Waals surface area contributed by atoms with Crippen LogP contribution in [0, 0.1) is 0 Å². The second-order valence-corrected chi connectivity index (χ2v) is 5.89. The fourth-order valence-corrected chi connectivity index (χ4v) is 2.94. The largest absolute Gasteiger partial charge is 0.490 e. The molecular weight excluding hydrogens is 248 g/mol. The van der Waals surface area contributed by atoms with Crippen LogP contribution in [0.2, 0.25) is 0 Å². The molecule has 0 saturated heterocycles. The fraction of sp³-hybridized carbons (Fsp3) is 0.214. The van der Waals surface area contributed by atoms with Crippen LogP contribution in [0.15, 0.2) is 36.4 Å². The molecule has 92 valence electrons. The highest BCUT2D eigenvalue weighted by molar-refractivity contribution is 7.85. The second-order valence-electron chi connectivity index (χ2n) is 4.33. The van der Waals surface area contributed by atoms with E-state index in [-0.39, 0.29) is 12.4 Å². The first-order valence-electron chi connectivity index (χ1n) is 5.69. The van der Waals surface area contributed by atoms with Crippen molar-refractivity contribution in [2.45, 2.75) is 5.25 Å². The Labute approximate surface area is 107 Å². The lowest BCUT2D eigenvalue weighted by Gasteiger charge is -2.23. The van der Waals surface area contributed by atoms with Gasteiger partial charge >= 0.3 is 0 Å². The summed E-state index contributed by atoms with van der Waals surface area (Å²) in [6, 6.07) is 11.4. The summed E-state index contributed by atoms with van der Waals surface area (Å²) < 4.78 is 17.2. The summed E-state index contributed by atoms with van der Waals surface area (Å²) in [5, 5.41) is 1.43. The van der Waals surface area contributed by atoms with Crippen molar-refractivity contribution in [1.29, 1.82) is 0 Å². The molecule has 0 saturated carbocycles. The van der Waals surface area contributed by atoms with Gasteiger partial charge in [-0.05, 0) is 11.5 Å². The molecule has 0 radical (unpaired) electrons. The number of Topliss-reactive ketones (excluding diaryl/α,β-unsaturated/α-hetero) is 1. The Bertz CT molecular complexity index is 663. The molecule has 3 rings (SSSR count). The number of carbonyl (C=O) groups is 1. The molecule has 2 atom stereocenters. The van der Waals surface area contributed by atoms with Gasteiger partial charge in [0.1, 0.15) is 17.6 Å². The summed E-state index contributed by atoms with van der Waals surface area (Å²) in [6.45, 7) is 0.197. The van der Waals surface area contributed by atoms with E-state index in [0.717, 1.165) is 10.8 Å². The monoisotopic (exact) mass is 260 g/mol. The van der Waals surface area contributed by atoms with E-state index in [4.69, 9.17) is 4.74 Å². The quantitative estimate of drug-likeness (QED) is 0.789. The van der Waals surface area contributed by atoms with Gasteiger partial charge in [-0.1, -0.05) is 30.3 Å².